The van der Waals surface area contributed by atoms with Gasteiger partial charge in [0.1, 0.15) is 28.0 Å². The molecule has 0 spiro atoms. The van der Waals surface area contributed by atoms with Crippen molar-refractivity contribution in [3.05, 3.63) is 64.7 Å². The number of esters is 1. The predicted octanol–water partition coefficient (Wildman–Crippen LogP) is 4.22. The van der Waals surface area contributed by atoms with Gasteiger partial charge in [-0.1, -0.05) is 11.3 Å². The Morgan fingerprint density at radius 3 is 2.73 bits per heavy atom. The SMILES string of the molecule is CCN(c1nc(-c2ccc(F)cc2)c(C#N)s1)c1cc(C(=O)OC)nc2c(F)cc(N3CCN[C@H](CO)C3)cc12. The number of aliphatic hydroxyl groups excluding tert-OH is 1. The van der Waals surface area contributed by atoms with Crippen molar-refractivity contribution in [1.29, 1.82) is 5.26 Å². The summed E-state index contributed by atoms with van der Waals surface area (Å²) in [5, 5.41) is 23.6. The third kappa shape index (κ3) is 5.19. The summed E-state index contributed by atoms with van der Waals surface area (Å²) >= 11 is 1.14. The molecule has 1 saturated heterocycles. The van der Waals surface area contributed by atoms with E-state index < -0.39 is 17.6 Å². The van der Waals surface area contributed by atoms with E-state index in [1.165, 1.54) is 31.4 Å². The maximum Gasteiger partial charge on any atom is 0.356 e. The number of carbonyl (C=O) groups excluding carboxylic acids is 1. The molecule has 3 heterocycles. The van der Waals surface area contributed by atoms with Gasteiger partial charge in [-0.05, 0) is 49.4 Å². The molecular formula is C28H26F2N6O3S. The van der Waals surface area contributed by atoms with Gasteiger partial charge in [0.15, 0.2) is 16.6 Å². The standard InChI is InChI=1S/C28H26F2N6O3S/c1-3-36(28-34-25(24(13-31)40-28)16-4-6-17(29)7-5-16)23-12-22(27(38)39-2)33-26-20(23)10-19(11-21(26)30)35-9-8-32-18(14-35)15-37/h4-7,10-12,18,32,37H,3,8-9,14-15H2,1-2H3/t18-/m0/s1. The molecule has 0 radical (unpaired) electrons. The molecule has 0 bridgehead atoms. The van der Waals surface area contributed by atoms with Crippen LogP contribution in [0.25, 0.3) is 22.2 Å². The molecular weight excluding hydrogens is 538 g/mol. The van der Waals surface area contributed by atoms with Crippen LogP contribution in [0.4, 0.5) is 25.3 Å². The highest BCUT2D eigenvalue weighted by atomic mass is 32.1. The van der Waals surface area contributed by atoms with Gasteiger partial charge in [0.2, 0.25) is 0 Å². The van der Waals surface area contributed by atoms with Crippen molar-refractivity contribution in [3.8, 4) is 17.3 Å². The van der Waals surface area contributed by atoms with Gasteiger partial charge in [-0.25, -0.2) is 23.5 Å². The number of ether oxygens (including phenoxy) is 1. The minimum atomic E-state index is -0.723. The van der Waals surface area contributed by atoms with Crippen LogP contribution in [0.5, 0.6) is 0 Å². The number of carbonyl (C=O) groups is 1. The number of nitrogens with one attached hydrogen (secondary N) is 1. The van der Waals surface area contributed by atoms with Crippen LogP contribution in [0.15, 0.2) is 42.5 Å². The van der Waals surface area contributed by atoms with Crippen LogP contribution in [0, 0.1) is 23.0 Å². The summed E-state index contributed by atoms with van der Waals surface area (Å²) in [5.74, 6) is -1.74. The number of thiazole rings is 1. The first kappa shape index (κ1) is 27.4. The average molecular weight is 565 g/mol. The second-order valence-corrected chi connectivity index (χ2v) is 10.1. The Morgan fingerprint density at radius 1 is 1.27 bits per heavy atom. The molecule has 0 aliphatic carbocycles. The quantitative estimate of drug-likeness (QED) is 0.319. The number of pyridine rings is 1. The molecule has 9 nitrogen and oxygen atoms in total. The van der Waals surface area contributed by atoms with Crippen molar-refractivity contribution in [1.82, 2.24) is 15.3 Å². The van der Waals surface area contributed by atoms with E-state index in [1.54, 1.807) is 17.0 Å². The Labute approximate surface area is 233 Å². The summed E-state index contributed by atoms with van der Waals surface area (Å²) in [5.41, 5.74) is 1.97. The van der Waals surface area contributed by atoms with E-state index in [0.717, 1.165) is 11.3 Å². The van der Waals surface area contributed by atoms with Crippen LogP contribution in [-0.4, -0.2) is 67.0 Å². The number of nitrogens with zero attached hydrogens (tertiary/aromatic N) is 5. The number of anilines is 3. The molecule has 1 fully saturated rings. The Hall–Kier alpha value is -4.18. The summed E-state index contributed by atoms with van der Waals surface area (Å²) in [6.07, 6.45) is 0. The molecule has 2 aromatic heterocycles. The van der Waals surface area contributed by atoms with Crippen molar-refractivity contribution in [2.75, 3.05) is 49.7 Å². The number of fused-ring (bicyclic) bond motifs is 1. The second kappa shape index (κ2) is 11.5. The van der Waals surface area contributed by atoms with Gasteiger partial charge >= 0.3 is 5.97 Å². The predicted molar refractivity (Wildman–Crippen MR) is 149 cm³/mol. The molecule has 12 heteroatoms. The zero-order chi connectivity index (χ0) is 28.4. The lowest BCUT2D eigenvalue weighted by atomic mass is 10.1. The molecule has 40 heavy (non-hydrogen) atoms. The summed E-state index contributed by atoms with van der Waals surface area (Å²) in [6.45, 7) is 3.92. The first-order chi connectivity index (χ1) is 19.4. The highest BCUT2D eigenvalue weighted by molar-refractivity contribution is 7.16. The molecule has 0 saturated carbocycles. The van der Waals surface area contributed by atoms with Crippen LogP contribution < -0.4 is 15.1 Å². The van der Waals surface area contributed by atoms with Crippen LogP contribution in [0.3, 0.4) is 0 Å². The van der Waals surface area contributed by atoms with Crippen molar-refractivity contribution in [2.24, 2.45) is 0 Å². The van der Waals surface area contributed by atoms with Gasteiger partial charge in [0.05, 0.1) is 19.4 Å². The van der Waals surface area contributed by atoms with E-state index in [0.29, 0.717) is 64.2 Å². The number of aliphatic hydroxyl groups is 1. The molecule has 206 valence electrons. The molecule has 2 N–H and O–H groups in total. The van der Waals surface area contributed by atoms with Crippen molar-refractivity contribution >= 4 is 44.7 Å². The summed E-state index contributed by atoms with van der Waals surface area (Å²) in [4.78, 5) is 25.6. The number of methoxy groups -OCH3 is 1. The van der Waals surface area contributed by atoms with Gasteiger partial charge in [0.25, 0.3) is 0 Å². The summed E-state index contributed by atoms with van der Waals surface area (Å²) < 4.78 is 34.1. The number of hydrogen-bond acceptors (Lipinski definition) is 10. The second-order valence-electron chi connectivity index (χ2n) is 9.16. The topological polar surface area (TPSA) is 115 Å². The minimum Gasteiger partial charge on any atom is -0.464 e. The zero-order valence-electron chi connectivity index (χ0n) is 21.8. The fourth-order valence-electron chi connectivity index (χ4n) is 4.76. The number of halogens is 2. The minimum absolute atomic E-state index is 0.00948. The molecule has 1 aliphatic rings. The largest absolute Gasteiger partial charge is 0.464 e. The third-order valence-electron chi connectivity index (χ3n) is 6.74. The Morgan fingerprint density at radius 2 is 2.05 bits per heavy atom. The number of rotatable bonds is 7. The van der Waals surface area contributed by atoms with Crippen LogP contribution >= 0.6 is 11.3 Å². The number of hydrogen-bond donors (Lipinski definition) is 2. The maximum atomic E-state index is 15.6. The normalized spacial score (nSPS) is 15.2. The Kier molecular flexibility index (Phi) is 7.88. The van der Waals surface area contributed by atoms with E-state index in [-0.39, 0.29) is 23.9 Å². The monoisotopic (exact) mass is 564 g/mol. The molecule has 0 amide bonds. The van der Waals surface area contributed by atoms with Gasteiger partial charge in [-0.15, -0.1) is 0 Å². The van der Waals surface area contributed by atoms with Crippen LogP contribution in [0.2, 0.25) is 0 Å². The fourth-order valence-corrected chi connectivity index (χ4v) is 5.73. The van der Waals surface area contributed by atoms with E-state index in [1.807, 2.05) is 17.9 Å². The van der Waals surface area contributed by atoms with Gasteiger partial charge in [0, 0.05) is 48.9 Å². The smallest absolute Gasteiger partial charge is 0.356 e. The molecule has 5 rings (SSSR count). The molecule has 4 aromatic rings. The van der Waals surface area contributed by atoms with Crippen LogP contribution in [-0.2, 0) is 4.74 Å². The zero-order valence-corrected chi connectivity index (χ0v) is 22.6. The number of aromatic nitrogens is 2. The van der Waals surface area contributed by atoms with Gasteiger partial charge in [-0.3, -0.25) is 0 Å². The molecule has 1 aliphatic heterocycles. The first-order valence-corrected chi connectivity index (χ1v) is 13.4. The lowest BCUT2D eigenvalue weighted by Crippen LogP contribution is -2.52. The van der Waals surface area contributed by atoms with Crippen molar-refractivity contribution in [2.45, 2.75) is 13.0 Å². The highest BCUT2D eigenvalue weighted by Crippen LogP contribution is 2.40. The molecule has 1 atom stereocenters. The van der Waals surface area contributed by atoms with Crippen molar-refractivity contribution < 1.29 is 23.4 Å². The summed E-state index contributed by atoms with van der Waals surface area (Å²) in [6, 6.07) is 12.4. The Balaban J connectivity index is 1.68. The Bertz CT molecular complexity index is 1600. The highest BCUT2D eigenvalue weighted by Gasteiger charge is 2.25. The van der Waals surface area contributed by atoms with E-state index >= 15 is 4.39 Å². The lowest BCUT2D eigenvalue weighted by molar-refractivity contribution is 0.0594. The molecule has 2 aromatic carbocycles. The third-order valence-corrected chi connectivity index (χ3v) is 7.72. The number of piperazine rings is 1. The average Bonchev–Trinajstić information content (AvgIpc) is 3.41. The first-order valence-electron chi connectivity index (χ1n) is 12.6. The fraction of sp³-hybridized carbons (Fsp3) is 0.286. The van der Waals surface area contributed by atoms with Crippen LogP contribution in [0.1, 0.15) is 22.3 Å². The lowest BCUT2D eigenvalue weighted by Gasteiger charge is -2.34. The molecule has 0 unspecified atom stereocenters. The van der Waals surface area contributed by atoms with Gasteiger partial charge < -0.3 is 25.0 Å². The van der Waals surface area contributed by atoms with E-state index in [2.05, 4.69) is 16.4 Å². The van der Waals surface area contributed by atoms with Crippen molar-refractivity contribution in [3.63, 3.8) is 0 Å². The number of nitriles is 1. The number of benzene rings is 2. The van der Waals surface area contributed by atoms with E-state index in [9.17, 15) is 19.6 Å². The summed E-state index contributed by atoms with van der Waals surface area (Å²) in [7, 11) is 1.22. The maximum absolute atomic E-state index is 15.6. The van der Waals surface area contributed by atoms with Gasteiger partial charge in [-0.2, -0.15) is 5.26 Å². The van der Waals surface area contributed by atoms with E-state index in [4.69, 9.17) is 9.72 Å².